The summed E-state index contributed by atoms with van der Waals surface area (Å²) in [6.07, 6.45) is 7.20. The van der Waals surface area contributed by atoms with Crippen LogP contribution >= 0.6 is 0 Å². The van der Waals surface area contributed by atoms with Crippen LogP contribution in [0.1, 0.15) is 63.9 Å². The predicted molar refractivity (Wildman–Crippen MR) is 117 cm³/mol. The molecule has 5 fully saturated rings. The summed E-state index contributed by atoms with van der Waals surface area (Å²) >= 11 is 0. The molecule has 1 aromatic rings. The first-order valence-electron chi connectivity index (χ1n) is 12.1. The molecule has 1 aromatic carbocycles. The first-order chi connectivity index (χ1) is 14.8. The van der Waals surface area contributed by atoms with Gasteiger partial charge >= 0.3 is 5.97 Å². The zero-order valence-electron chi connectivity index (χ0n) is 18.6. The van der Waals surface area contributed by atoms with Crippen molar-refractivity contribution in [2.75, 3.05) is 13.1 Å². The van der Waals surface area contributed by atoms with Crippen molar-refractivity contribution < 1.29 is 19.4 Å². The number of ether oxygens (including phenoxy) is 1. The fourth-order valence-electron chi connectivity index (χ4n) is 7.35. The highest BCUT2D eigenvalue weighted by molar-refractivity contribution is 5.85. The first kappa shape index (κ1) is 21.0. The number of likely N-dealkylation sites (tertiary alicyclic amines) is 1. The molecule has 1 heterocycles. The van der Waals surface area contributed by atoms with Crippen LogP contribution in [0.15, 0.2) is 30.3 Å². The molecule has 5 heteroatoms. The summed E-state index contributed by atoms with van der Waals surface area (Å²) in [6, 6.07) is 10.5. The summed E-state index contributed by atoms with van der Waals surface area (Å²) in [5.41, 5.74) is 0.0827. The standard InChI is InChI=1S/C26H35NO4/c1-18(23(28)27-9-7-20(8-10-27)11-19-5-3-2-4-6-19)31-24(29)25-13-21-12-22(14-25)16-26(30,15-21)17-25/h2-6,18,20-22,30H,7-17H2,1H3/t18-,21-,22+,25?,26?/m1/s1. The Bertz CT molecular complexity index is 815. The molecule has 1 saturated heterocycles. The lowest BCUT2D eigenvalue weighted by Gasteiger charge is -2.58. The van der Waals surface area contributed by atoms with Gasteiger partial charge in [0, 0.05) is 13.1 Å². The highest BCUT2D eigenvalue weighted by Gasteiger charge is 2.61. The van der Waals surface area contributed by atoms with Gasteiger partial charge in [0.1, 0.15) is 0 Å². The number of carbonyl (C=O) groups is 2. The van der Waals surface area contributed by atoms with Crippen LogP contribution in [0.4, 0.5) is 0 Å². The van der Waals surface area contributed by atoms with Gasteiger partial charge in [0.05, 0.1) is 11.0 Å². The molecular formula is C26H35NO4. The van der Waals surface area contributed by atoms with E-state index < -0.39 is 17.1 Å². The normalized spacial score (nSPS) is 35.7. The minimum Gasteiger partial charge on any atom is -0.452 e. The van der Waals surface area contributed by atoms with Crippen LogP contribution in [-0.4, -0.2) is 46.7 Å². The number of hydrogen-bond donors (Lipinski definition) is 1. The van der Waals surface area contributed by atoms with Gasteiger partial charge in [-0.15, -0.1) is 0 Å². The number of aliphatic hydroxyl groups is 1. The molecule has 4 saturated carbocycles. The zero-order valence-corrected chi connectivity index (χ0v) is 18.6. The Labute approximate surface area is 185 Å². The first-order valence-corrected chi connectivity index (χ1v) is 12.1. The van der Waals surface area contributed by atoms with Crippen molar-refractivity contribution >= 4 is 11.9 Å². The van der Waals surface area contributed by atoms with Crippen molar-refractivity contribution in [3.05, 3.63) is 35.9 Å². The molecule has 6 rings (SSSR count). The lowest BCUT2D eigenvalue weighted by Crippen LogP contribution is -2.59. The van der Waals surface area contributed by atoms with Crippen molar-refractivity contribution in [1.29, 1.82) is 0 Å². The van der Waals surface area contributed by atoms with Crippen molar-refractivity contribution in [1.82, 2.24) is 4.90 Å². The molecule has 1 N–H and O–H groups in total. The molecule has 2 unspecified atom stereocenters. The maximum atomic E-state index is 13.2. The molecule has 4 bridgehead atoms. The lowest BCUT2D eigenvalue weighted by molar-refractivity contribution is -0.200. The summed E-state index contributed by atoms with van der Waals surface area (Å²) in [4.78, 5) is 28.0. The number of esters is 1. The molecule has 1 amide bonds. The third-order valence-corrected chi connectivity index (χ3v) is 8.39. The maximum Gasteiger partial charge on any atom is 0.312 e. The van der Waals surface area contributed by atoms with E-state index in [2.05, 4.69) is 24.3 Å². The quantitative estimate of drug-likeness (QED) is 0.730. The number of amides is 1. The highest BCUT2D eigenvalue weighted by atomic mass is 16.5. The molecule has 1 aliphatic heterocycles. The summed E-state index contributed by atoms with van der Waals surface area (Å²) in [6.45, 7) is 3.17. The van der Waals surface area contributed by atoms with Crippen molar-refractivity contribution in [2.24, 2.45) is 23.2 Å². The van der Waals surface area contributed by atoms with Crippen LogP contribution in [0, 0.1) is 23.2 Å². The van der Waals surface area contributed by atoms with E-state index in [0.29, 0.717) is 24.2 Å². The Morgan fingerprint density at radius 2 is 1.74 bits per heavy atom. The topological polar surface area (TPSA) is 66.8 Å². The van der Waals surface area contributed by atoms with Crippen LogP contribution in [0.25, 0.3) is 0 Å². The maximum absolute atomic E-state index is 13.2. The molecule has 0 spiro atoms. The van der Waals surface area contributed by atoms with E-state index >= 15 is 0 Å². The summed E-state index contributed by atoms with van der Waals surface area (Å²) in [5, 5.41) is 10.9. The van der Waals surface area contributed by atoms with E-state index in [4.69, 9.17) is 4.74 Å². The van der Waals surface area contributed by atoms with Crippen LogP contribution in [0.2, 0.25) is 0 Å². The molecule has 5 aliphatic rings. The fraction of sp³-hybridized carbons (Fsp3) is 0.692. The number of hydrogen-bond acceptors (Lipinski definition) is 4. The van der Waals surface area contributed by atoms with Gasteiger partial charge in [-0.1, -0.05) is 30.3 Å². The molecule has 4 aliphatic carbocycles. The Balaban J connectivity index is 1.15. The smallest absolute Gasteiger partial charge is 0.312 e. The van der Waals surface area contributed by atoms with E-state index in [1.807, 2.05) is 11.0 Å². The number of rotatable bonds is 5. The lowest BCUT2D eigenvalue weighted by atomic mass is 9.48. The zero-order chi connectivity index (χ0) is 21.6. The van der Waals surface area contributed by atoms with Crippen molar-refractivity contribution in [3.8, 4) is 0 Å². The SMILES string of the molecule is C[C@@H](OC(=O)C12C[C@@H]3C[C@@H](CC(O)(C3)C1)C2)C(=O)N1CCC(Cc2ccccc2)CC1. The van der Waals surface area contributed by atoms with E-state index in [0.717, 1.165) is 64.5 Å². The largest absolute Gasteiger partial charge is 0.452 e. The van der Waals surface area contributed by atoms with Crippen LogP contribution in [0.5, 0.6) is 0 Å². The van der Waals surface area contributed by atoms with Crippen LogP contribution in [0.3, 0.4) is 0 Å². The second-order valence-electron chi connectivity index (χ2n) is 11.0. The molecule has 5 atom stereocenters. The van der Waals surface area contributed by atoms with Gasteiger partial charge in [0.25, 0.3) is 5.91 Å². The molecular weight excluding hydrogens is 390 g/mol. The monoisotopic (exact) mass is 425 g/mol. The van der Waals surface area contributed by atoms with Gasteiger partial charge in [0.15, 0.2) is 6.10 Å². The van der Waals surface area contributed by atoms with E-state index in [-0.39, 0.29) is 11.9 Å². The minimum atomic E-state index is -0.749. The Hall–Kier alpha value is -1.88. The summed E-state index contributed by atoms with van der Waals surface area (Å²) < 4.78 is 5.78. The van der Waals surface area contributed by atoms with Crippen molar-refractivity contribution in [2.45, 2.75) is 76.4 Å². The van der Waals surface area contributed by atoms with Crippen LogP contribution in [-0.2, 0) is 20.7 Å². The minimum absolute atomic E-state index is 0.0741. The second-order valence-corrected chi connectivity index (χ2v) is 11.0. The van der Waals surface area contributed by atoms with Gasteiger partial charge < -0.3 is 14.7 Å². The van der Waals surface area contributed by atoms with Gasteiger partial charge in [-0.05, 0) is 88.0 Å². The Morgan fingerprint density at radius 3 is 2.35 bits per heavy atom. The van der Waals surface area contributed by atoms with Crippen molar-refractivity contribution in [3.63, 3.8) is 0 Å². The number of benzene rings is 1. The average Bonchev–Trinajstić information content (AvgIpc) is 2.72. The van der Waals surface area contributed by atoms with E-state index in [1.165, 1.54) is 5.56 Å². The van der Waals surface area contributed by atoms with E-state index in [1.54, 1.807) is 6.92 Å². The summed E-state index contributed by atoms with van der Waals surface area (Å²) in [5.74, 6) is 1.12. The fourth-order valence-corrected chi connectivity index (χ4v) is 7.35. The Morgan fingerprint density at radius 1 is 1.10 bits per heavy atom. The third kappa shape index (κ3) is 4.13. The summed E-state index contributed by atoms with van der Waals surface area (Å²) in [7, 11) is 0. The average molecular weight is 426 g/mol. The number of nitrogens with zero attached hydrogens (tertiary/aromatic N) is 1. The van der Waals surface area contributed by atoms with Crippen LogP contribution < -0.4 is 0 Å². The van der Waals surface area contributed by atoms with Gasteiger partial charge in [-0.2, -0.15) is 0 Å². The third-order valence-electron chi connectivity index (χ3n) is 8.39. The number of piperidine rings is 1. The molecule has 31 heavy (non-hydrogen) atoms. The second kappa shape index (κ2) is 7.91. The molecule has 0 radical (unpaired) electrons. The highest BCUT2D eigenvalue weighted by Crippen LogP contribution is 2.62. The van der Waals surface area contributed by atoms with Gasteiger partial charge in [-0.3, -0.25) is 9.59 Å². The number of carbonyl (C=O) groups excluding carboxylic acids is 2. The van der Waals surface area contributed by atoms with Gasteiger partial charge in [0.2, 0.25) is 0 Å². The molecule has 5 nitrogen and oxygen atoms in total. The van der Waals surface area contributed by atoms with E-state index in [9.17, 15) is 14.7 Å². The Kier molecular flexibility index (Phi) is 5.36. The molecule has 168 valence electrons. The predicted octanol–water partition coefficient (Wildman–Crippen LogP) is 3.73. The molecule has 0 aromatic heterocycles. The van der Waals surface area contributed by atoms with Gasteiger partial charge in [-0.25, -0.2) is 0 Å².